The highest BCUT2D eigenvalue weighted by Crippen LogP contribution is 2.21. The Labute approximate surface area is 111 Å². The van der Waals surface area contributed by atoms with Gasteiger partial charge in [0.25, 0.3) is 0 Å². The van der Waals surface area contributed by atoms with Gasteiger partial charge < -0.3 is 10.1 Å². The Balaban J connectivity index is 1.88. The van der Waals surface area contributed by atoms with E-state index in [9.17, 15) is 4.79 Å². The highest BCUT2D eigenvalue weighted by molar-refractivity contribution is 7.99. The second-order valence-corrected chi connectivity index (χ2v) is 5.45. The molecule has 0 spiro atoms. The fourth-order valence-corrected chi connectivity index (χ4v) is 3.00. The lowest BCUT2D eigenvalue weighted by Gasteiger charge is -2.23. The Morgan fingerprint density at radius 2 is 1.83 bits per heavy atom. The summed E-state index contributed by atoms with van der Waals surface area (Å²) in [6.07, 6.45) is 1.99. The van der Waals surface area contributed by atoms with Crippen LogP contribution >= 0.6 is 11.8 Å². The van der Waals surface area contributed by atoms with Crippen LogP contribution in [-0.4, -0.2) is 30.8 Å². The van der Waals surface area contributed by atoms with E-state index in [0.717, 1.165) is 11.4 Å². The first-order chi connectivity index (χ1) is 8.78. The number of nitrogens with one attached hydrogen (secondary N) is 2. The first kappa shape index (κ1) is 13.1. The zero-order chi connectivity index (χ0) is 12.8. The van der Waals surface area contributed by atoms with Crippen molar-refractivity contribution in [2.24, 2.45) is 0 Å². The number of thioether (sulfide) groups is 1. The molecule has 0 unspecified atom stereocenters. The minimum atomic E-state index is -0.444. The molecule has 1 aromatic carbocycles. The molecule has 1 aliphatic heterocycles. The summed E-state index contributed by atoms with van der Waals surface area (Å²) in [6, 6.07) is 8.28. The number of carbonyl (C=O) groups excluding carboxylic acids is 1. The lowest BCUT2D eigenvalue weighted by molar-refractivity contribution is 0.187. The van der Waals surface area contributed by atoms with Gasteiger partial charge in [-0.25, -0.2) is 4.79 Å². The number of anilines is 2. The van der Waals surface area contributed by atoms with Crippen molar-refractivity contribution in [2.45, 2.75) is 18.9 Å². The van der Waals surface area contributed by atoms with Crippen LogP contribution in [0.3, 0.4) is 0 Å². The van der Waals surface area contributed by atoms with Gasteiger partial charge in [0.1, 0.15) is 0 Å². The van der Waals surface area contributed by atoms with E-state index in [1.807, 2.05) is 36.0 Å². The van der Waals surface area contributed by atoms with Gasteiger partial charge >= 0.3 is 6.09 Å². The lowest BCUT2D eigenvalue weighted by Crippen LogP contribution is -2.24. The maximum absolute atomic E-state index is 11.0. The van der Waals surface area contributed by atoms with Gasteiger partial charge in [-0.15, -0.1) is 0 Å². The highest BCUT2D eigenvalue weighted by Gasteiger charge is 2.12. The molecule has 18 heavy (non-hydrogen) atoms. The molecule has 2 rings (SSSR count). The zero-order valence-electron chi connectivity index (χ0n) is 10.4. The summed E-state index contributed by atoms with van der Waals surface area (Å²) in [5.41, 5.74) is 1.84. The van der Waals surface area contributed by atoms with Crippen molar-refractivity contribution < 1.29 is 9.53 Å². The normalized spacial score (nSPS) is 16.1. The quantitative estimate of drug-likeness (QED) is 0.882. The second kappa shape index (κ2) is 6.54. The van der Waals surface area contributed by atoms with E-state index in [4.69, 9.17) is 0 Å². The van der Waals surface area contributed by atoms with Crippen molar-refractivity contribution in [1.29, 1.82) is 0 Å². The van der Waals surface area contributed by atoms with Crippen LogP contribution in [0.2, 0.25) is 0 Å². The van der Waals surface area contributed by atoms with Crippen LogP contribution in [0.1, 0.15) is 12.8 Å². The van der Waals surface area contributed by atoms with E-state index < -0.39 is 6.09 Å². The lowest BCUT2D eigenvalue weighted by atomic mass is 10.1. The minimum absolute atomic E-state index is 0.444. The van der Waals surface area contributed by atoms with Crippen molar-refractivity contribution in [1.82, 2.24) is 0 Å². The Bertz CT molecular complexity index is 388. The predicted octanol–water partition coefficient (Wildman–Crippen LogP) is 3.17. The van der Waals surface area contributed by atoms with Crippen LogP contribution in [0.15, 0.2) is 24.3 Å². The van der Waals surface area contributed by atoms with Gasteiger partial charge in [0.15, 0.2) is 0 Å². The molecule has 1 heterocycles. The molecule has 1 fully saturated rings. The van der Waals surface area contributed by atoms with E-state index in [0.29, 0.717) is 6.04 Å². The van der Waals surface area contributed by atoms with Crippen molar-refractivity contribution in [3.8, 4) is 0 Å². The summed E-state index contributed by atoms with van der Waals surface area (Å²) in [4.78, 5) is 11.0. The number of amides is 1. The summed E-state index contributed by atoms with van der Waals surface area (Å²) in [5.74, 6) is 2.47. The zero-order valence-corrected chi connectivity index (χ0v) is 11.3. The first-order valence-electron chi connectivity index (χ1n) is 6.07. The molecule has 4 nitrogen and oxygen atoms in total. The number of hydrogen-bond donors (Lipinski definition) is 2. The van der Waals surface area contributed by atoms with E-state index in [2.05, 4.69) is 15.4 Å². The van der Waals surface area contributed by atoms with Crippen LogP contribution in [-0.2, 0) is 4.74 Å². The largest absolute Gasteiger partial charge is 0.453 e. The highest BCUT2D eigenvalue weighted by atomic mass is 32.2. The molecule has 1 aliphatic rings. The van der Waals surface area contributed by atoms with E-state index in [1.165, 1.54) is 31.5 Å². The fourth-order valence-electron chi connectivity index (χ4n) is 1.90. The first-order valence-corrected chi connectivity index (χ1v) is 7.23. The summed E-state index contributed by atoms with van der Waals surface area (Å²) in [6.45, 7) is 0. The van der Waals surface area contributed by atoms with Crippen molar-refractivity contribution in [2.75, 3.05) is 29.2 Å². The second-order valence-electron chi connectivity index (χ2n) is 4.22. The molecule has 2 N–H and O–H groups in total. The SMILES string of the molecule is COC(=O)Nc1ccc(NC2CCSCC2)cc1. The molecular formula is C13H18N2O2S. The topological polar surface area (TPSA) is 50.4 Å². The Kier molecular flexibility index (Phi) is 4.75. The van der Waals surface area contributed by atoms with Crippen molar-refractivity contribution in [3.05, 3.63) is 24.3 Å². The molecular weight excluding hydrogens is 248 g/mol. The van der Waals surface area contributed by atoms with Gasteiger partial charge in [-0.05, 0) is 48.6 Å². The number of benzene rings is 1. The maximum Gasteiger partial charge on any atom is 0.411 e. The molecule has 1 aromatic rings. The van der Waals surface area contributed by atoms with Crippen molar-refractivity contribution >= 4 is 29.2 Å². The standard InChI is InChI=1S/C13H18N2O2S/c1-17-13(16)15-11-4-2-10(3-5-11)14-12-6-8-18-9-7-12/h2-5,12,14H,6-9H2,1H3,(H,15,16). The number of rotatable bonds is 3. The maximum atomic E-state index is 11.0. The molecule has 0 bridgehead atoms. The Morgan fingerprint density at radius 1 is 1.22 bits per heavy atom. The van der Waals surface area contributed by atoms with Gasteiger partial charge in [0.2, 0.25) is 0 Å². The average molecular weight is 266 g/mol. The smallest absolute Gasteiger partial charge is 0.411 e. The molecule has 0 atom stereocenters. The minimum Gasteiger partial charge on any atom is -0.453 e. The summed E-state index contributed by atoms with van der Waals surface area (Å²) >= 11 is 2.02. The van der Waals surface area contributed by atoms with E-state index in [1.54, 1.807) is 0 Å². The summed E-state index contributed by atoms with van der Waals surface area (Å²) in [7, 11) is 1.35. The Morgan fingerprint density at radius 3 is 2.44 bits per heavy atom. The van der Waals surface area contributed by atoms with Gasteiger partial charge in [-0.2, -0.15) is 11.8 Å². The predicted molar refractivity (Wildman–Crippen MR) is 76.4 cm³/mol. The van der Waals surface area contributed by atoms with Crippen LogP contribution < -0.4 is 10.6 Å². The fraction of sp³-hybridized carbons (Fsp3) is 0.462. The number of hydrogen-bond acceptors (Lipinski definition) is 4. The molecule has 1 saturated heterocycles. The van der Waals surface area contributed by atoms with Gasteiger partial charge in [0.05, 0.1) is 7.11 Å². The third kappa shape index (κ3) is 3.84. The van der Waals surface area contributed by atoms with E-state index >= 15 is 0 Å². The van der Waals surface area contributed by atoms with Crippen LogP contribution in [0, 0.1) is 0 Å². The Hall–Kier alpha value is -1.36. The van der Waals surface area contributed by atoms with Crippen LogP contribution in [0.5, 0.6) is 0 Å². The van der Waals surface area contributed by atoms with E-state index in [-0.39, 0.29) is 0 Å². The molecule has 0 saturated carbocycles. The van der Waals surface area contributed by atoms with Gasteiger partial charge in [-0.3, -0.25) is 5.32 Å². The van der Waals surface area contributed by atoms with Crippen molar-refractivity contribution in [3.63, 3.8) is 0 Å². The molecule has 1 amide bonds. The molecule has 5 heteroatoms. The number of methoxy groups -OCH3 is 1. The third-order valence-electron chi connectivity index (χ3n) is 2.91. The van der Waals surface area contributed by atoms with Gasteiger partial charge in [-0.1, -0.05) is 0 Å². The summed E-state index contributed by atoms with van der Waals surface area (Å²) in [5, 5.41) is 6.15. The van der Waals surface area contributed by atoms with Gasteiger partial charge in [0, 0.05) is 17.4 Å². The van der Waals surface area contributed by atoms with Crippen LogP contribution in [0.25, 0.3) is 0 Å². The number of carbonyl (C=O) groups is 1. The average Bonchev–Trinajstić information content (AvgIpc) is 2.42. The summed E-state index contributed by atoms with van der Waals surface area (Å²) < 4.78 is 4.54. The number of ether oxygens (including phenoxy) is 1. The molecule has 0 aliphatic carbocycles. The monoisotopic (exact) mass is 266 g/mol. The third-order valence-corrected chi connectivity index (χ3v) is 3.96. The van der Waals surface area contributed by atoms with Crippen LogP contribution in [0.4, 0.5) is 16.2 Å². The molecule has 0 radical (unpaired) electrons. The molecule has 98 valence electrons. The molecule has 0 aromatic heterocycles.